The highest BCUT2D eigenvalue weighted by Gasteiger charge is 2.02. The van der Waals surface area contributed by atoms with E-state index in [1.807, 2.05) is 26.0 Å². The van der Waals surface area contributed by atoms with E-state index in [-0.39, 0.29) is 6.03 Å². The Hall–Kier alpha value is -1.71. The van der Waals surface area contributed by atoms with E-state index in [9.17, 15) is 4.79 Å². The Balaban J connectivity index is 2.72. The van der Waals surface area contributed by atoms with Crippen LogP contribution in [0.4, 0.5) is 16.2 Å². The first-order valence-corrected chi connectivity index (χ1v) is 4.54. The van der Waals surface area contributed by atoms with Gasteiger partial charge >= 0.3 is 6.03 Å². The molecule has 2 amide bonds. The summed E-state index contributed by atoms with van der Waals surface area (Å²) in [5.74, 6) is 0. The molecule has 0 unspecified atom stereocenters. The maximum atomic E-state index is 11.2. The number of nitrogens with one attached hydrogen (secondary N) is 2. The van der Waals surface area contributed by atoms with E-state index in [0.717, 1.165) is 5.56 Å². The first-order valence-electron chi connectivity index (χ1n) is 4.54. The molecule has 0 aliphatic carbocycles. The van der Waals surface area contributed by atoms with Crippen molar-refractivity contribution in [3.63, 3.8) is 0 Å². The van der Waals surface area contributed by atoms with Gasteiger partial charge in [0, 0.05) is 6.54 Å². The fourth-order valence-electron chi connectivity index (χ4n) is 1.12. The maximum absolute atomic E-state index is 11.2. The van der Waals surface area contributed by atoms with Crippen molar-refractivity contribution in [1.82, 2.24) is 5.32 Å². The second kappa shape index (κ2) is 4.50. The molecule has 0 atom stereocenters. The van der Waals surface area contributed by atoms with Crippen LogP contribution < -0.4 is 16.4 Å². The van der Waals surface area contributed by atoms with Crippen molar-refractivity contribution < 1.29 is 4.79 Å². The smallest absolute Gasteiger partial charge is 0.319 e. The van der Waals surface area contributed by atoms with Gasteiger partial charge in [0.05, 0.1) is 11.4 Å². The summed E-state index contributed by atoms with van der Waals surface area (Å²) < 4.78 is 0. The Morgan fingerprint density at radius 2 is 2.21 bits per heavy atom. The summed E-state index contributed by atoms with van der Waals surface area (Å²) >= 11 is 0. The summed E-state index contributed by atoms with van der Waals surface area (Å²) in [7, 11) is 0. The minimum absolute atomic E-state index is 0.233. The number of urea groups is 1. The Labute approximate surface area is 83.5 Å². The highest BCUT2D eigenvalue weighted by atomic mass is 16.2. The van der Waals surface area contributed by atoms with E-state index in [2.05, 4.69) is 10.6 Å². The van der Waals surface area contributed by atoms with Crippen LogP contribution in [0.25, 0.3) is 0 Å². The summed E-state index contributed by atoms with van der Waals surface area (Å²) in [6.45, 7) is 4.40. The predicted molar refractivity (Wildman–Crippen MR) is 58.3 cm³/mol. The molecule has 0 fully saturated rings. The van der Waals surface area contributed by atoms with Crippen molar-refractivity contribution in [3.8, 4) is 0 Å². The fourth-order valence-corrected chi connectivity index (χ4v) is 1.12. The topological polar surface area (TPSA) is 67.2 Å². The number of aryl methyl sites for hydroxylation is 1. The Kier molecular flexibility index (Phi) is 3.34. The van der Waals surface area contributed by atoms with Crippen LogP contribution >= 0.6 is 0 Å². The number of anilines is 2. The Bertz CT molecular complexity index is 336. The molecule has 0 aromatic heterocycles. The Morgan fingerprint density at radius 3 is 2.79 bits per heavy atom. The summed E-state index contributed by atoms with van der Waals surface area (Å²) in [4.78, 5) is 11.2. The molecule has 1 rings (SSSR count). The van der Waals surface area contributed by atoms with Gasteiger partial charge in [-0.3, -0.25) is 0 Å². The fraction of sp³-hybridized carbons (Fsp3) is 0.300. The van der Waals surface area contributed by atoms with E-state index >= 15 is 0 Å². The third-order valence-electron chi connectivity index (χ3n) is 1.79. The molecule has 0 spiro atoms. The lowest BCUT2D eigenvalue weighted by atomic mass is 10.2. The normalized spacial score (nSPS) is 9.57. The summed E-state index contributed by atoms with van der Waals surface area (Å²) in [6.07, 6.45) is 0. The predicted octanol–water partition coefficient (Wildman–Crippen LogP) is 1.72. The van der Waals surface area contributed by atoms with E-state index in [4.69, 9.17) is 5.73 Å². The van der Waals surface area contributed by atoms with Crippen molar-refractivity contribution >= 4 is 17.4 Å². The average Bonchev–Trinajstić information content (AvgIpc) is 2.10. The average molecular weight is 193 g/mol. The van der Waals surface area contributed by atoms with Crippen LogP contribution in [-0.2, 0) is 0 Å². The van der Waals surface area contributed by atoms with Crippen LogP contribution in [0.5, 0.6) is 0 Å². The largest absolute Gasteiger partial charge is 0.397 e. The van der Waals surface area contributed by atoms with Gasteiger partial charge in [-0.15, -0.1) is 0 Å². The molecule has 0 radical (unpaired) electrons. The van der Waals surface area contributed by atoms with Gasteiger partial charge < -0.3 is 16.4 Å². The van der Waals surface area contributed by atoms with Crippen molar-refractivity contribution in [2.75, 3.05) is 17.6 Å². The van der Waals surface area contributed by atoms with E-state index < -0.39 is 0 Å². The number of carbonyl (C=O) groups excluding carboxylic acids is 1. The summed E-state index contributed by atoms with van der Waals surface area (Å²) in [5.41, 5.74) is 8.02. The number of nitrogen functional groups attached to an aromatic ring is 1. The van der Waals surface area contributed by atoms with Crippen LogP contribution in [0.15, 0.2) is 18.2 Å². The highest BCUT2D eigenvalue weighted by Crippen LogP contribution is 2.18. The van der Waals surface area contributed by atoms with Crippen LogP contribution in [0, 0.1) is 6.92 Å². The highest BCUT2D eigenvalue weighted by molar-refractivity contribution is 5.92. The lowest BCUT2D eigenvalue weighted by molar-refractivity contribution is 0.252. The van der Waals surface area contributed by atoms with Gasteiger partial charge in [-0.25, -0.2) is 4.79 Å². The van der Waals surface area contributed by atoms with E-state index in [1.165, 1.54) is 0 Å². The first kappa shape index (κ1) is 10.4. The number of hydrogen-bond acceptors (Lipinski definition) is 2. The van der Waals surface area contributed by atoms with E-state index in [1.54, 1.807) is 6.07 Å². The second-order valence-electron chi connectivity index (χ2n) is 3.08. The number of carbonyl (C=O) groups is 1. The molecule has 4 nitrogen and oxygen atoms in total. The SMILES string of the molecule is CCNC(=O)Nc1ccc(C)cc1N. The van der Waals surface area contributed by atoms with Crippen molar-refractivity contribution in [1.29, 1.82) is 0 Å². The standard InChI is InChI=1S/C10H15N3O/c1-3-12-10(14)13-9-5-4-7(2)6-8(9)11/h4-6H,3,11H2,1-2H3,(H2,12,13,14). The zero-order chi connectivity index (χ0) is 10.6. The zero-order valence-electron chi connectivity index (χ0n) is 8.42. The summed E-state index contributed by atoms with van der Waals surface area (Å²) in [6, 6.07) is 5.28. The van der Waals surface area contributed by atoms with Gasteiger partial charge in [0.1, 0.15) is 0 Å². The van der Waals surface area contributed by atoms with Crippen LogP contribution in [-0.4, -0.2) is 12.6 Å². The molecule has 76 valence electrons. The van der Waals surface area contributed by atoms with Gasteiger partial charge in [0.15, 0.2) is 0 Å². The number of nitrogens with two attached hydrogens (primary N) is 1. The number of benzene rings is 1. The minimum atomic E-state index is -0.233. The minimum Gasteiger partial charge on any atom is -0.397 e. The number of hydrogen-bond donors (Lipinski definition) is 3. The molecule has 0 bridgehead atoms. The molecule has 4 N–H and O–H groups in total. The Morgan fingerprint density at radius 1 is 1.50 bits per heavy atom. The third kappa shape index (κ3) is 2.65. The monoisotopic (exact) mass is 193 g/mol. The van der Waals surface area contributed by atoms with Crippen LogP contribution in [0.1, 0.15) is 12.5 Å². The molecule has 0 saturated heterocycles. The van der Waals surface area contributed by atoms with Gasteiger partial charge in [0.2, 0.25) is 0 Å². The molecule has 1 aromatic rings. The lowest BCUT2D eigenvalue weighted by Crippen LogP contribution is -2.28. The second-order valence-corrected chi connectivity index (χ2v) is 3.08. The van der Waals surface area contributed by atoms with Gasteiger partial charge in [-0.1, -0.05) is 6.07 Å². The number of amides is 2. The summed E-state index contributed by atoms with van der Waals surface area (Å²) in [5, 5.41) is 5.29. The zero-order valence-corrected chi connectivity index (χ0v) is 8.42. The molecule has 0 aliphatic heterocycles. The molecule has 4 heteroatoms. The van der Waals surface area contributed by atoms with Gasteiger partial charge in [0.25, 0.3) is 0 Å². The lowest BCUT2D eigenvalue weighted by Gasteiger charge is -2.08. The van der Waals surface area contributed by atoms with Gasteiger partial charge in [-0.2, -0.15) is 0 Å². The molecule has 1 aromatic carbocycles. The molecule has 0 aliphatic rings. The van der Waals surface area contributed by atoms with E-state index in [0.29, 0.717) is 17.9 Å². The van der Waals surface area contributed by atoms with Crippen LogP contribution in [0.2, 0.25) is 0 Å². The molecular formula is C10H15N3O. The molecular weight excluding hydrogens is 178 g/mol. The van der Waals surface area contributed by atoms with Crippen LogP contribution in [0.3, 0.4) is 0 Å². The maximum Gasteiger partial charge on any atom is 0.319 e. The van der Waals surface area contributed by atoms with Gasteiger partial charge in [-0.05, 0) is 31.5 Å². The first-order chi connectivity index (χ1) is 6.63. The molecule has 0 heterocycles. The van der Waals surface area contributed by atoms with Crippen molar-refractivity contribution in [2.24, 2.45) is 0 Å². The third-order valence-corrected chi connectivity index (χ3v) is 1.79. The molecule has 0 saturated carbocycles. The molecule has 14 heavy (non-hydrogen) atoms. The van der Waals surface area contributed by atoms with Crippen molar-refractivity contribution in [3.05, 3.63) is 23.8 Å². The number of rotatable bonds is 2. The van der Waals surface area contributed by atoms with Crippen molar-refractivity contribution in [2.45, 2.75) is 13.8 Å². The quantitative estimate of drug-likeness (QED) is 0.626.